The van der Waals surface area contributed by atoms with Gasteiger partial charge in [0.15, 0.2) is 0 Å². The van der Waals surface area contributed by atoms with Crippen LogP contribution in [0, 0.1) is 21.8 Å². The minimum Gasteiger partial charge on any atom is -0.376 e. The highest BCUT2D eigenvalue weighted by atomic mass is 19.1. The summed E-state index contributed by atoms with van der Waals surface area (Å²) in [6.07, 6.45) is 3.51. The first kappa shape index (κ1) is 13.5. The van der Waals surface area contributed by atoms with Crippen LogP contribution < -0.4 is 5.32 Å². The molecule has 1 heterocycles. The number of nitrogens with zero attached hydrogens (tertiary/aromatic N) is 1. The number of hydrogen-bond donors (Lipinski definition) is 1. The Labute approximate surface area is 116 Å². The highest BCUT2D eigenvalue weighted by Gasteiger charge is 2.40. The van der Waals surface area contributed by atoms with Gasteiger partial charge in [-0.3, -0.25) is 10.1 Å². The van der Waals surface area contributed by atoms with Crippen molar-refractivity contribution in [2.24, 2.45) is 5.92 Å². The SMILES string of the molecule is O=[N+]([O-])c1ccc(F)cc1CNC1CCOC1C1CC1. The molecular formula is C14H17FN2O3. The van der Waals surface area contributed by atoms with E-state index in [-0.39, 0.29) is 17.8 Å². The van der Waals surface area contributed by atoms with E-state index in [2.05, 4.69) is 5.32 Å². The number of nitro benzene ring substituents is 1. The largest absolute Gasteiger partial charge is 0.376 e. The van der Waals surface area contributed by atoms with Crippen LogP contribution in [0.3, 0.4) is 0 Å². The van der Waals surface area contributed by atoms with Crippen LogP contribution in [0.15, 0.2) is 18.2 Å². The monoisotopic (exact) mass is 280 g/mol. The number of ether oxygens (including phenoxy) is 1. The lowest BCUT2D eigenvalue weighted by molar-refractivity contribution is -0.385. The summed E-state index contributed by atoms with van der Waals surface area (Å²) >= 11 is 0. The van der Waals surface area contributed by atoms with Crippen molar-refractivity contribution >= 4 is 5.69 Å². The highest BCUT2D eigenvalue weighted by molar-refractivity contribution is 5.40. The number of hydrogen-bond acceptors (Lipinski definition) is 4. The zero-order valence-electron chi connectivity index (χ0n) is 11.0. The molecule has 0 amide bonds. The molecule has 0 radical (unpaired) electrons. The molecule has 1 aliphatic carbocycles. The van der Waals surface area contributed by atoms with Crippen molar-refractivity contribution in [2.75, 3.05) is 6.61 Å². The predicted molar refractivity (Wildman–Crippen MR) is 70.8 cm³/mol. The fourth-order valence-corrected chi connectivity index (χ4v) is 2.83. The number of halogens is 1. The smallest absolute Gasteiger partial charge is 0.274 e. The molecule has 1 N–H and O–H groups in total. The quantitative estimate of drug-likeness (QED) is 0.664. The number of rotatable bonds is 5. The topological polar surface area (TPSA) is 64.4 Å². The summed E-state index contributed by atoms with van der Waals surface area (Å²) in [5.41, 5.74) is 0.345. The molecule has 1 saturated heterocycles. The van der Waals surface area contributed by atoms with Crippen molar-refractivity contribution in [1.29, 1.82) is 0 Å². The molecule has 20 heavy (non-hydrogen) atoms. The lowest BCUT2D eigenvalue weighted by Gasteiger charge is -2.19. The molecule has 2 unspecified atom stereocenters. The molecule has 3 rings (SSSR count). The van der Waals surface area contributed by atoms with Crippen LogP contribution >= 0.6 is 0 Å². The second kappa shape index (κ2) is 5.46. The summed E-state index contributed by atoms with van der Waals surface area (Å²) in [5, 5.41) is 14.2. The standard InChI is InChI=1S/C14H17FN2O3/c15-11-3-4-13(17(18)19)10(7-11)8-16-12-5-6-20-14(12)9-1-2-9/h3-4,7,9,12,14,16H,1-2,5-6,8H2. The third-order valence-electron chi connectivity index (χ3n) is 4.02. The number of nitrogens with one attached hydrogen (secondary N) is 1. The van der Waals surface area contributed by atoms with Gasteiger partial charge in [-0.25, -0.2) is 4.39 Å². The first-order chi connectivity index (χ1) is 9.65. The van der Waals surface area contributed by atoms with Crippen molar-refractivity contribution in [3.63, 3.8) is 0 Å². The Morgan fingerprint density at radius 1 is 1.40 bits per heavy atom. The predicted octanol–water partition coefficient (Wildman–Crippen LogP) is 2.39. The normalized spacial score (nSPS) is 25.9. The van der Waals surface area contributed by atoms with Gasteiger partial charge in [-0.05, 0) is 37.3 Å². The van der Waals surface area contributed by atoms with Gasteiger partial charge in [0.05, 0.1) is 11.0 Å². The van der Waals surface area contributed by atoms with Gasteiger partial charge in [-0.1, -0.05) is 0 Å². The lowest BCUT2D eigenvalue weighted by atomic mass is 10.1. The van der Waals surface area contributed by atoms with Crippen molar-refractivity contribution in [1.82, 2.24) is 5.32 Å². The van der Waals surface area contributed by atoms with Crippen LogP contribution in [0.1, 0.15) is 24.8 Å². The maximum atomic E-state index is 13.3. The molecule has 0 aromatic heterocycles. The Balaban J connectivity index is 1.68. The molecule has 5 nitrogen and oxygen atoms in total. The summed E-state index contributed by atoms with van der Waals surface area (Å²) in [6.45, 7) is 1.02. The number of nitro groups is 1. The zero-order chi connectivity index (χ0) is 14.1. The van der Waals surface area contributed by atoms with Crippen molar-refractivity contribution < 1.29 is 14.1 Å². The Kier molecular flexibility index (Phi) is 3.67. The molecule has 1 saturated carbocycles. The minimum absolute atomic E-state index is 0.0409. The Morgan fingerprint density at radius 2 is 2.20 bits per heavy atom. The summed E-state index contributed by atoms with van der Waals surface area (Å²) in [5.74, 6) is 0.173. The van der Waals surface area contributed by atoms with Crippen molar-refractivity contribution in [3.05, 3.63) is 39.7 Å². The molecule has 1 aliphatic heterocycles. The van der Waals surface area contributed by atoms with Crippen LogP contribution in [-0.4, -0.2) is 23.7 Å². The molecule has 2 atom stereocenters. The lowest BCUT2D eigenvalue weighted by Crippen LogP contribution is -2.37. The van der Waals surface area contributed by atoms with Gasteiger partial charge in [0, 0.05) is 30.8 Å². The fourth-order valence-electron chi connectivity index (χ4n) is 2.83. The van der Waals surface area contributed by atoms with E-state index in [9.17, 15) is 14.5 Å². The average Bonchev–Trinajstić information content (AvgIpc) is 3.15. The van der Waals surface area contributed by atoms with Gasteiger partial charge in [0.25, 0.3) is 5.69 Å². The number of benzene rings is 1. The van der Waals surface area contributed by atoms with Gasteiger partial charge < -0.3 is 10.1 Å². The maximum absolute atomic E-state index is 13.3. The third-order valence-corrected chi connectivity index (χ3v) is 4.02. The summed E-state index contributed by atoms with van der Waals surface area (Å²) < 4.78 is 19.0. The van der Waals surface area contributed by atoms with E-state index < -0.39 is 10.7 Å². The van der Waals surface area contributed by atoms with Crippen LogP contribution in [0.25, 0.3) is 0 Å². The molecule has 0 bridgehead atoms. The Hall–Kier alpha value is -1.53. The molecule has 2 fully saturated rings. The highest BCUT2D eigenvalue weighted by Crippen LogP contribution is 2.38. The molecular weight excluding hydrogens is 263 g/mol. The van der Waals surface area contributed by atoms with Crippen LogP contribution in [0.5, 0.6) is 0 Å². The van der Waals surface area contributed by atoms with Crippen LogP contribution in [0.4, 0.5) is 10.1 Å². The van der Waals surface area contributed by atoms with Crippen molar-refractivity contribution in [3.8, 4) is 0 Å². The van der Waals surface area contributed by atoms with Gasteiger partial charge >= 0.3 is 0 Å². The van der Waals surface area contributed by atoms with E-state index in [4.69, 9.17) is 4.74 Å². The van der Waals surface area contributed by atoms with Crippen LogP contribution in [0.2, 0.25) is 0 Å². The van der Waals surface area contributed by atoms with Crippen LogP contribution in [-0.2, 0) is 11.3 Å². The molecule has 0 spiro atoms. The van der Waals surface area contributed by atoms with Gasteiger partial charge in [0.2, 0.25) is 0 Å². The third kappa shape index (κ3) is 2.81. The second-order valence-electron chi connectivity index (χ2n) is 5.48. The first-order valence-electron chi connectivity index (χ1n) is 6.93. The van der Waals surface area contributed by atoms with E-state index in [1.54, 1.807) is 0 Å². The average molecular weight is 280 g/mol. The molecule has 1 aromatic rings. The van der Waals surface area contributed by atoms with Crippen molar-refractivity contribution in [2.45, 2.75) is 38.0 Å². The van der Waals surface area contributed by atoms with E-state index in [1.165, 1.54) is 25.0 Å². The molecule has 6 heteroatoms. The second-order valence-corrected chi connectivity index (χ2v) is 5.48. The van der Waals surface area contributed by atoms with E-state index in [0.29, 0.717) is 18.0 Å². The summed E-state index contributed by atoms with van der Waals surface area (Å²) in [6, 6.07) is 3.78. The molecule has 2 aliphatic rings. The zero-order valence-corrected chi connectivity index (χ0v) is 11.0. The van der Waals surface area contributed by atoms with Gasteiger partial charge in [-0.15, -0.1) is 0 Å². The summed E-state index contributed by atoms with van der Waals surface area (Å²) in [4.78, 5) is 10.5. The van der Waals surface area contributed by atoms with E-state index in [1.807, 2.05) is 0 Å². The Bertz CT molecular complexity index is 519. The van der Waals surface area contributed by atoms with Gasteiger partial charge in [-0.2, -0.15) is 0 Å². The van der Waals surface area contributed by atoms with E-state index in [0.717, 1.165) is 19.1 Å². The van der Waals surface area contributed by atoms with Gasteiger partial charge in [0.1, 0.15) is 5.82 Å². The maximum Gasteiger partial charge on any atom is 0.274 e. The fraction of sp³-hybridized carbons (Fsp3) is 0.571. The molecule has 108 valence electrons. The minimum atomic E-state index is -0.472. The Morgan fingerprint density at radius 3 is 2.90 bits per heavy atom. The first-order valence-corrected chi connectivity index (χ1v) is 6.93. The summed E-state index contributed by atoms with van der Waals surface area (Å²) in [7, 11) is 0. The van der Waals surface area contributed by atoms with E-state index >= 15 is 0 Å². The molecule has 1 aromatic carbocycles.